The summed E-state index contributed by atoms with van der Waals surface area (Å²) in [6.07, 6.45) is 3.84. The Balaban J connectivity index is 1.39. The second kappa shape index (κ2) is 12.1. The van der Waals surface area contributed by atoms with Gasteiger partial charge in [0, 0.05) is 42.5 Å². The molecule has 0 radical (unpaired) electrons. The molecule has 2 aromatic heterocycles. The molecule has 2 fully saturated rings. The third-order valence-corrected chi connectivity index (χ3v) is 8.35. The molecule has 15 heteroatoms. The van der Waals surface area contributed by atoms with Gasteiger partial charge in [0.1, 0.15) is 11.4 Å². The summed E-state index contributed by atoms with van der Waals surface area (Å²) in [5.74, 6) is 0.309. The predicted molar refractivity (Wildman–Crippen MR) is 167 cm³/mol. The molecule has 0 saturated carbocycles. The van der Waals surface area contributed by atoms with Gasteiger partial charge in [0.2, 0.25) is 10.0 Å². The SMILES string of the molecule is Cc1cn2nc([C@@H]3CCCCN3C(=O)c3cc(Cl)ccc3NS(C)(=O)=O)cc2nc1N1C[C@H](O)[C@H](NC(=O)OC(C)(C)C)C1. The Labute approximate surface area is 261 Å². The van der Waals surface area contributed by atoms with Crippen molar-refractivity contribution in [3.63, 3.8) is 0 Å². The number of nitrogens with one attached hydrogen (secondary N) is 2. The summed E-state index contributed by atoms with van der Waals surface area (Å²) in [6, 6.07) is 5.44. The van der Waals surface area contributed by atoms with E-state index < -0.39 is 33.9 Å². The number of sulfonamides is 1. The number of likely N-dealkylation sites (tertiary alicyclic amines) is 1. The van der Waals surface area contributed by atoms with Crippen LogP contribution in [0.4, 0.5) is 16.3 Å². The first-order chi connectivity index (χ1) is 20.6. The number of benzene rings is 1. The number of carbonyl (C=O) groups is 2. The van der Waals surface area contributed by atoms with Crippen LogP contribution < -0.4 is 14.9 Å². The number of aliphatic hydroxyl groups excluding tert-OH is 1. The number of amides is 2. The molecule has 0 aliphatic carbocycles. The first-order valence-corrected chi connectivity index (χ1v) is 16.7. The fourth-order valence-electron chi connectivity index (χ4n) is 5.68. The van der Waals surface area contributed by atoms with Crippen LogP contribution in [-0.4, -0.2) is 88.7 Å². The van der Waals surface area contributed by atoms with Crippen molar-refractivity contribution in [2.45, 2.75) is 70.7 Å². The van der Waals surface area contributed by atoms with Crippen molar-refractivity contribution in [2.24, 2.45) is 0 Å². The molecule has 5 rings (SSSR count). The number of aliphatic hydroxyl groups is 1. The lowest BCUT2D eigenvalue weighted by molar-refractivity contribution is 0.0461. The van der Waals surface area contributed by atoms with Gasteiger partial charge in [-0.2, -0.15) is 5.10 Å². The predicted octanol–water partition coefficient (Wildman–Crippen LogP) is 3.50. The van der Waals surface area contributed by atoms with E-state index in [-0.39, 0.29) is 29.7 Å². The van der Waals surface area contributed by atoms with E-state index in [1.165, 1.54) is 18.2 Å². The van der Waals surface area contributed by atoms with Crippen molar-refractivity contribution >= 4 is 50.8 Å². The lowest BCUT2D eigenvalue weighted by Gasteiger charge is -2.35. The summed E-state index contributed by atoms with van der Waals surface area (Å²) in [7, 11) is -3.63. The van der Waals surface area contributed by atoms with Crippen LogP contribution >= 0.6 is 11.6 Å². The molecule has 0 spiro atoms. The molecule has 2 saturated heterocycles. The van der Waals surface area contributed by atoms with Crippen LogP contribution in [0.15, 0.2) is 30.5 Å². The van der Waals surface area contributed by atoms with Crippen molar-refractivity contribution in [1.82, 2.24) is 24.8 Å². The van der Waals surface area contributed by atoms with Crippen LogP contribution in [0, 0.1) is 6.92 Å². The molecule has 13 nitrogen and oxygen atoms in total. The van der Waals surface area contributed by atoms with Crippen LogP contribution in [0.5, 0.6) is 0 Å². The number of aromatic nitrogens is 3. The molecular weight excluding hydrogens is 610 g/mol. The number of alkyl carbamates (subject to hydrolysis) is 1. The molecule has 1 aromatic carbocycles. The summed E-state index contributed by atoms with van der Waals surface area (Å²) in [4.78, 5) is 34.6. The summed E-state index contributed by atoms with van der Waals surface area (Å²) in [5.41, 5.74) is 1.72. The highest BCUT2D eigenvalue weighted by molar-refractivity contribution is 7.92. The van der Waals surface area contributed by atoms with Crippen molar-refractivity contribution < 1.29 is 27.9 Å². The number of ether oxygens (including phenoxy) is 1. The third kappa shape index (κ3) is 7.19. The topological polar surface area (TPSA) is 158 Å². The molecule has 44 heavy (non-hydrogen) atoms. The normalized spacial score (nSPS) is 21.0. The average molecular weight is 648 g/mol. The van der Waals surface area contributed by atoms with Gasteiger partial charge in [-0.15, -0.1) is 0 Å². The Morgan fingerprint density at radius 3 is 2.61 bits per heavy atom. The van der Waals surface area contributed by atoms with E-state index >= 15 is 0 Å². The summed E-state index contributed by atoms with van der Waals surface area (Å²) < 4.78 is 33.4. The Bertz CT molecular complexity index is 1690. The Kier molecular flexibility index (Phi) is 8.71. The van der Waals surface area contributed by atoms with Crippen molar-refractivity contribution in [1.29, 1.82) is 0 Å². The molecule has 3 N–H and O–H groups in total. The zero-order chi connectivity index (χ0) is 32.0. The minimum absolute atomic E-state index is 0.162. The summed E-state index contributed by atoms with van der Waals surface area (Å²) in [6.45, 7) is 8.33. The van der Waals surface area contributed by atoms with E-state index in [0.717, 1.165) is 24.7 Å². The highest BCUT2D eigenvalue weighted by atomic mass is 35.5. The number of piperidine rings is 1. The maximum atomic E-state index is 13.9. The number of rotatable bonds is 6. The quantitative estimate of drug-likeness (QED) is 0.364. The van der Waals surface area contributed by atoms with Crippen molar-refractivity contribution in [3.05, 3.63) is 52.3 Å². The Morgan fingerprint density at radius 1 is 1.16 bits per heavy atom. The fraction of sp³-hybridized carbons (Fsp3) is 0.517. The summed E-state index contributed by atoms with van der Waals surface area (Å²) >= 11 is 6.21. The Morgan fingerprint density at radius 2 is 1.91 bits per heavy atom. The van der Waals surface area contributed by atoms with Gasteiger partial charge in [-0.3, -0.25) is 9.52 Å². The van der Waals surface area contributed by atoms with E-state index in [0.29, 0.717) is 41.7 Å². The lowest BCUT2D eigenvalue weighted by atomic mass is 9.98. The van der Waals surface area contributed by atoms with Gasteiger partial charge in [0.15, 0.2) is 5.65 Å². The molecule has 0 unspecified atom stereocenters. The maximum Gasteiger partial charge on any atom is 0.408 e. The van der Waals surface area contributed by atoms with Gasteiger partial charge < -0.3 is 25.0 Å². The second-order valence-corrected chi connectivity index (χ2v) is 14.6. The van der Waals surface area contributed by atoms with Gasteiger partial charge in [0.05, 0.1) is 41.4 Å². The van der Waals surface area contributed by atoms with E-state index in [1.54, 1.807) is 30.2 Å². The van der Waals surface area contributed by atoms with Crippen molar-refractivity contribution in [2.75, 3.05) is 35.5 Å². The number of hydrogen-bond acceptors (Lipinski definition) is 9. The molecule has 0 bridgehead atoms. The minimum atomic E-state index is -3.63. The van der Waals surface area contributed by atoms with Gasteiger partial charge in [-0.1, -0.05) is 11.6 Å². The van der Waals surface area contributed by atoms with E-state index in [4.69, 9.17) is 26.4 Å². The number of β-amino-alcohol motifs (C(OH)–C–C–N with tert-alkyl or cyclic N) is 1. The molecule has 238 valence electrons. The van der Waals surface area contributed by atoms with E-state index in [1.807, 2.05) is 24.1 Å². The highest BCUT2D eigenvalue weighted by Crippen LogP contribution is 2.34. The third-order valence-electron chi connectivity index (χ3n) is 7.53. The van der Waals surface area contributed by atoms with E-state index in [2.05, 4.69) is 10.0 Å². The standard InChI is InChI=1S/C29H38ClN7O6S/c1-17-14-37-25(32-26(17)35-15-22(24(38)16-35)31-28(40)43-29(2,3)4)13-21(33-37)23-8-6-7-11-36(23)27(39)19-12-18(30)9-10-20(19)34-44(5,41)42/h9-10,12-14,22-24,34,38H,6-8,11,15-16H2,1-5H3,(H,31,40)/t22-,23+,24+/m1/s1. The van der Waals surface area contributed by atoms with Crippen LogP contribution in [0.3, 0.4) is 0 Å². The number of hydrogen-bond donors (Lipinski definition) is 3. The molecule has 4 heterocycles. The van der Waals surface area contributed by atoms with Crippen LogP contribution in [0.1, 0.15) is 67.7 Å². The highest BCUT2D eigenvalue weighted by Gasteiger charge is 2.36. The monoisotopic (exact) mass is 647 g/mol. The molecule has 2 aliphatic heterocycles. The molecule has 2 amide bonds. The summed E-state index contributed by atoms with van der Waals surface area (Å²) in [5, 5.41) is 18.5. The van der Waals surface area contributed by atoms with Gasteiger partial charge >= 0.3 is 6.09 Å². The van der Waals surface area contributed by atoms with Crippen LogP contribution in [0.25, 0.3) is 5.65 Å². The number of carbonyl (C=O) groups excluding carboxylic acids is 2. The van der Waals surface area contributed by atoms with Gasteiger partial charge in [-0.25, -0.2) is 22.7 Å². The number of nitrogens with zero attached hydrogens (tertiary/aromatic N) is 5. The first-order valence-electron chi connectivity index (χ1n) is 14.5. The minimum Gasteiger partial charge on any atom is -0.444 e. The average Bonchev–Trinajstić information content (AvgIpc) is 3.49. The second-order valence-electron chi connectivity index (χ2n) is 12.4. The fourth-order valence-corrected chi connectivity index (χ4v) is 6.43. The van der Waals surface area contributed by atoms with Gasteiger partial charge in [0.25, 0.3) is 5.91 Å². The Hall–Kier alpha value is -3.62. The molecular formula is C29H38ClN7O6S. The van der Waals surface area contributed by atoms with Crippen LogP contribution in [0.2, 0.25) is 5.02 Å². The van der Waals surface area contributed by atoms with E-state index in [9.17, 15) is 23.1 Å². The molecule has 2 aliphatic rings. The molecule has 3 atom stereocenters. The largest absolute Gasteiger partial charge is 0.444 e. The number of aryl methyl sites for hydroxylation is 1. The number of anilines is 2. The number of fused-ring (bicyclic) bond motifs is 1. The first kappa shape index (κ1) is 31.8. The van der Waals surface area contributed by atoms with Gasteiger partial charge in [-0.05, 0) is 65.2 Å². The zero-order valence-corrected chi connectivity index (χ0v) is 26.9. The molecule has 3 aromatic rings. The van der Waals surface area contributed by atoms with Crippen LogP contribution in [-0.2, 0) is 14.8 Å². The maximum absolute atomic E-state index is 13.9. The zero-order valence-electron chi connectivity index (χ0n) is 25.4. The number of halogens is 1. The lowest BCUT2D eigenvalue weighted by Crippen LogP contribution is -2.45. The van der Waals surface area contributed by atoms with Crippen molar-refractivity contribution in [3.8, 4) is 0 Å². The smallest absolute Gasteiger partial charge is 0.408 e.